The molecule has 0 aliphatic rings. The number of anilines is 1. The summed E-state index contributed by atoms with van der Waals surface area (Å²) in [5.41, 5.74) is 7.30. The topological polar surface area (TPSA) is 41.6 Å². The van der Waals surface area contributed by atoms with Gasteiger partial charge in [-0.2, -0.15) is 0 Å². The Labute approximate surface area is 85.3 Å². The Morgan fingerprint density at radius 2 is 1.93 bits per heavy atom. The van der Waals surface area contributed by atoms with Crippen molar-refractivity contribution in [1.29, 1.82) is 0 Å². The second-order valence-corrected chi connectivity index (χ2v) is 3.26. The van der Waals surface area contributed by atoms with Crippen molar-refractivity contribution in [1.82, 2.24) is 4.90 Å². The van der Waals surface area contributed by atoms with Gasteiger partial charge in [0.05, 0.1) is 5.69 Å². The minimum absolute atomic E-state index is 0.769. The molecule has 1 aromatic rings. The van der Waals surface area contributed by atoms with Crippen LogP contribution >= 0.6 is 0 Å². The van der Waals surface area contributed by atoms with Crippen molar-refractivity contribution < 1.29 is 0 Å². The van der Waals surface area contributed by atoms with Crippen LogP contribution in [0.4, 0.5) is 11.4 Å². The van der Waals surface area contributed by atoms with Gasteiger partial charge < -0.3 is 10.6 Å². The monoisotopic (exact) mass is 191 g/mol. The largest absolute Gasteiger partial charge is 0.399 e. The van der Waals surface area contributed by atoms with Crippen LogP contribution in [0.1, 0.15) is 13.8 Å². The van der Waals surface area contributed by atoms with Crippen LogP contribution in [0.3, 0.4) is 0 Å². The molecule has 0 saturated carbocycles. The summed E-state index contributed by atoms with van der Waals surface area (Å²) in [7, 11) is 2.02. The molecule has 0 aliphatic heterocycles. The molecule has 0 aliphatic carbocycles. The number of hydrogen-bond acceptors (Lipinski definition) is 2. The highest BCUT2D eigenvalue weighted by Crippen LogP contribution is 2.14. The van der Waals surface area contributed by atoms with Crippen molar-refractivity contribution in [2.45, 2.75) is 13.8 Å². The van der Waals surface area contributed by atoms with E-state index in [0.29, 0.717) is 0 Å². The Morgan fingerprint density at radius 1 is 1.36 bits per heavy atom. The van der Waals surface area contributed by atoms with E-state index in [0.717, 1.165) is 23.8 Å². The summed E-state index contributed by atoms with van der Waals surface area (Å²) in [6.45, 7) is 5.06. The minimum Gasteiger partial charge on any atom is -0.399 e. The summed E-state index contributed by atoms with van der Waals surface area (Å²) in [4.78, 5) is 6.55. The molecule has 2 N–H and O–H groups in total. The van der Waals surface area contributed by atoms with E-state index in [2.05, 4.69) is 16.8 Å². The van der Waals surface area contributed by atoms with Gasteiger partial charge in [-0.15, -0.1) is 0 Å². The number of nitrogens with zero attached hydrogens (tertiary/aromatic N) is 2. The van der Waals surface area contributed by atoms with Crippen molar-refractivity contribution in [3.63, 3.8) is 0 Å². The number of nitrogens with two attached hydrogens (primary N) is 1. The van der Waals surface area contributed by atoms with E-state index in [-0.39, 0.29) is 0 Å². The van der Waals surface area contributed by atoms with Gasteiger partial charge in [0.1, 0.15) is 5.84 Å². The van der Waals surface area contributed by atoms with E-state index in [1.54, 1.807) is 0 Å². The van der Waals surface area contributed by atoms with Gasteiger partial charge in [0.25, 0.3) is 0 Å². The summed E-state index contributed by atoms with van der Waals surface area (Å²) in [6.07, 6.45) is 0. The Morgan fingerprint density at radius 3 is 2.43 bits per heavy atom. The Bertz CT molecular complexity index is 314. The third-order valence-corrected chi connectivity index (χ3v) is 2.21. The number of amidine groups is 1. The summed E-state index contributed by atoms with van der Waals surface area (Å²) in [5, 5.41) is 0. The average molecular weight is 191 g/mol. The van der Waals surface area contributed by atoms with Crippen LogP contribution in [0.5, 0.6) is 0 Å². The lowest BCUT2D eigenvalue weighted by Gasteiger charge is -2.15. The maximum atomic E-state index is 5.58. The van der Waals surface area contributed by atoms with E-state index in [9.17, 15) is 0 Å². The lowest BCUT2D eigenvalue weighted by molar-refractivity contribution is 0.532. The molecule has 76 valence electrons. The normalized spacial score (nSPS) is 11.5. The molecule has 0 unspecified atom stereocenters. The Kier molecular flexibility index (Phi) is 3.51. The molecule has 0 fully saturated rings. The number of nitrogen functional groups attached to an aromatic ring is 1. The number of hydrogen-bond donors (Lipinski definition) is 1. The van der Waals surface area contributed by atoms with Gasteiger partial charge in [0.15, 0.2) is 0 Å². The molecule has 14 heavy (non-hydrogen) atoms. The van der Waals surface area contributed by atoms with Gasteiger partial charge >= 0.3 is 0 Å². The van der Waals surface area contributed by atoms with Gasteiger partial charge in [-0.1, -0.05) is 0 Å². The third kappa shape index (κ3) is 2.76. The minimum atomic E-state index is 0.769. The van der Waals surface area contributed by atoms with Crippen LogP contribution in [0.25, 0.3) is 0 Å². The predicted molar refractivity (Wildman–Crippen MR) is 61.9 cm³/mol. The number of rotatable bonds is 2. The number of benzene rings is 1. The molecule has 0 saturated heterocycles. The van der Waals surface area contributed by atoms with Gasteiger partial charge in [0.2, 0.25) is 0 Å². The van der Waals surface area contributed by atoms with Gasteiger partial charge in [0, 0.05) is 19.3 Å². The standard InChI is InChI=1S/C11H17N3/c1-4-14(3)9(2)13-11-7-5-10(12)6-8-11/h5-8H,4,12H2,1-3H3. The molecule has 0 aromatic heterocycles. The number of aliphatic imine (C=N–C) groups is 1. The first-order valence-corrected chi connectivity index (χ1v) is 4.75. The zero-order valence-corrected chi connectivity index (χ0v) is 8.99. The molecule has 3 nitrogen and oxygen atoms in total. The fourth-order valence-electron chi connectivity index (χ4n) is 1.05. The molecular weight excluding hydrogens is 174 g/mol. The average Bonchev–Trinajstić information content (AvgIpc) is 2.20. The Hall–Kier alpha value is -1.51. The first-order valence-electron chi connectivity index (χ1n) is 4.75. The van der Waals surface area contributed by atoms with E-state index in [4.69, 9.17) is 5.73 Å². The van der Waals surface area contributed by atoms with Crippen molar-refractivity contribution >= 4 is 17.2 Å². The smallest absolute Gasteiger partial charge is 0.101 e. The molecule has 3 heteroatoms. The molecule has 0 atom stereocenters. The maximum Gasteiger partial charge on any atom is 0.101 e. The van der Waals surface area contributed by atoms with E-state index >= 15 is 0 Å². The highest BCUT2D eigenvalue weighted by molar-refractivity contribution is 5.82. The fraction of sp³-hybridized carbons (Fsp3) is 0.364. The fourth-order valence-corrected chi connectivity index (χ4v) is 1.05. The molecule has 0 spiro atoms. The van der Waals surface area contributed by atoms with Gasteiger partial charge in [-0.25, -0.2) is 4.99 Å². The highest BCUT2D eigenvalue weighted by atomic mass is 15.1. The third-order valence-electron chi connectivity index (χ3n) is 2.21. The summed E-state index contributed by atoms with van der Waals surface area (Å²) in [5.74, 6) is 1.01. The zero-order valence-electron chi connectivity index (χ0n) is 8.99. The first kappa shape index (κ1) is 10.6. The maximum absolute atomic E-state index is 5.58. The lowest BCUT2D eigenvalue weighted by Crippen LogP contribution is -2.23. The summed E-state index contributed by atoms with van der Waals surface area (Å²) < 4.78 is 0. The SMILES string of the molecule is CCN(C)C(C)=Nc1ccc(N)cc1. The first-order chi connectivity index (χ1) is 6.63. The predicted octanol–water partition coefficient (Wildman–Crippen LogP) is 2.27. The quantitative estimate of drug-likeness (QED) is 0.442. The molecule has 0 amide bonds. The molecule has 0 heterocycles. The zero-order chi connectivity index (χ0) is 10.6. The van der Waals surface area contributed by atoms with Crippen LogP contribution in [0, 0.1) is 0 Å². The van der Waals surface area contributed by atoms with E-state index < -0.39 is 0 Å². The van der Waals surface area contributed by atoms with Crippen LogP contribution in [0.15, 0.2) is 29.3 Å². The summed E-state index contributed by atoms with van der Waals surface area (Å²) >= 11 is 0. The second kappa shape index (κ2) is 4.65. The van der Waals surface area contributed by atoms with Gasteiger partial charge in [-0.05, 0) is 38.1 Å². The lowest BCUT2D eigenvalue weighted by atomic mass is 10.3. The second-order valence-electron chi connectivity index (χ2n) is 3.26. The van der Waals surface area contributed by atoms with Crippen molar-refractivity contribution in [3.05, 3.63) is 24.3 Å². The van der Waals surface area contributed by atoms with Crippen LogP contribution in [-0.2, 0) is 0 Å². The Balaban J connectivity index is 2.81. The van der Waals surface area contributed by atoms with Gasteiger partial charge in [-0.3, -0.25) is 0 Å². The molecular formula is C11H17N3. The van der Waals surface area contributed by atoms with Crippen molar-refractivity contribution in [2.24, 2.45) is 4.99 Å². The molecule has 0 bridgehead atoms. The van der Waals surface area contributed by atoms with E-state index in [1.165, 1.54) is 0 Å². The molecule has 0 radical (unpaired) electrons. The molecule has 1 aromatic carbocycles. The van der Waals surface area contributed by atoms with Crippen molar-refractivity contribution in [3.8, 4) is 0 Å². The highest BCUT2D eigenvalue weighted by Gasteiger charge is 1.96. The van der Waals surface area contributed by atoms with Crippen LogP contribution in [0.2, 0.25) is 0 Å². The van der Waals surface area contributed by atoms with Crippen LogP contribution in [-0.4, -0.2) is 24.3 Å². The van der Waals surface area contributed by atoms with E-state index in [1.807, 2.05) is 38.2 Å². The molecule has 1 rings (SSSR count). The van der Waals surface area contributed by atoms with Crippen LogP contribution < -0.4 is 5.73 Å². The van der Waals surface area contributed by atoms with Crippen molar-refractivity contribution in [2.75, 3.05) is 19.3 Å². The summed E-state index contributed by atoms with van der Waals surface area (Å²) in [6, 6.07) is 7.56.